The van der Waals surface area contributed by atoms with Crippen molar-refractivity contribution < 1.29 is 4.74 Å². The topological polar surface area (TPSA) is 24.5 Å². The zero-order chi connectivity index (χ0) is 13.3. The van der Waals surface area contributed by atoms with Crippen molar-refractivity contribution in [2.45, 2.75) is 82.5 Å². The Kier molecular flexibility index (Phi) is 4.16. The molecule has 3 atom stereocenters. The first kappa shape index (κ1) is 13.8. The van der Waals surface area contributed by atoms with Gasteiger partial charge in [-0.3, -0.25) is 4.90 Å². The number of fused-ring (bicyclic) bond motifs is 2. The van der Waals surface area contributed by atoms with Gasteiger partial charge >= 0.3 is 0 Å². The molecule has 0 amide bonds. The fraction of sp³-hybridized carbons (Fsp3) is 1.00. The van der Waals surface area contributed by atoms with Gasteiger partial charge in [0.1, 0.15) is 0 Å². The first-order valence-corrected chi connectivity index (χ1v) is 8.32. The first-order valence-electron chi connectivity index (χ1n) is 8.32. The van der Waals surface area contributed by atoms with Gasteiger partial charge in [-0.2, -0.15) is 0 Å². The fourth-order valence-electron chi connectivity index (χ4n) is 4.64. The van der Waals surface area contributed by atoms with Crippen molar-refractivity contribution in [3.8, 4) is 0 Å². The van der Waals surface area contributed by atoms with E-state index >= 15 is 0 Å². The van der Waals surface area contributed by atoms with E-state index in [-0.39, 0.29) is 0 Å². The Morgan fingerprint density at radius 2 is 2.00 bits per heavy atom. The van der Waals surface area contributed by atoms with E-state index in [1.165, 1.54) is 51.5 Å². The summed E-state index contributed by atoms with van der Waals surface area (Å²) in [6.45, 7) is 7.80. The molecule has 110 valence electrons. The monoisotopic (exact) mass is 266 g/mol. The average Bonchev–Trinajstić information content (AvgIpc) is 2.83. The maximum atomic E-state index is 5.71. The van der Waals surface area contributed by atoms with Crippen LogP contribution in [-0.4, -0.2) is 48.3 Å². The van der Waals surface area contributed by atoms with Crippen LogP contribution < -0.4 is 5.32 Å². The quantitative estimate of drug-likeness (QED) is 0.846. The van der Waals surface area contributed by atoms with Gasteiger partial charge in [0, 0.05) is 30.3 Å². The molecule has 3 rings (SSSR count). The van der Waals surface area contributed by atoms with Gasteiger partial charge in [-0.15, -0.1) is 0 Å². The highest BCUT2D eigenvalue weighted by molar-refractivity contribution is 5.03. The summed E-state index contributed by atoms with van der Waals surface area (Å²) < 4.78 is 5.71. The van der Waals surface area contributed by atoms with Crippen molar-refractivity contribution in [3.63, 3.8) is 0 Å². The second-order valence-electron chi connectivity index (χ2n) is 7.07. The molecule has 0 radical (unpaired) electrons. The van der Waals surface area contributed by atoms with E-state index in [1.807, 2.05) is 0 Å². The van der Waals surface area contributed by atoms with Crippen LogP contribution in [0, 0.1) is 0 Å². The summed E-state index contributed by atoms with van der Waals surface area (Å²) in [5.74, 6) is 0. The van der Waals surface area contributed by atoms with E-state index in [1.54, 1.807) is 0 Å². The summed E-state index contributed by atoms with van der Waals surface area (Å²) in [4.78, 5) is 2.87. The standard InChI is InChI=1S/C16H30N2O/c1-3-8-17-13-10-14-5-4-6-15(11-13)18(14)16(2)7-9-19-12-16/h13-15,17H,3-12H2,1-2H3. The van der Waals surface area contributed by atoms with Crippen molar-refractivity contribution in [2.24, 2.45) is 0 Å². The predicted molar refractivity (Wildman–Crippen MR) is 78.4 cm³/mol. The molecule has 0 aliphatic carbocycles. The van der Waals surface area contributed by atoms with Crippen LogP contribution in [0.3, 0.4) is 0 Å². The van der Waals surface area contributed by atoms with Crippen LogP contribution in [0.2, 0.25) is 0 Å². The van der Waals surface area contributed by atoms with Crippen LogP contribution in [0.15, 0.2) is 0 Å². The molecular weight excluding hydrogens is 236 g/mol. The number of hydrogen-bond acceptors (Lipinski definition) is 3. The molecule has 0 spiro atoms. The zero-order valence-corrected chi connectivity index (χ0v) is 12.7. The van der Waals surface area contributed by atoms with Crippen LogP contribution in [0.4, 0.5) is 0 Å². The first-order chi connectivity index (χ1) is 9.23. The van der Waals surface area contributed by atoms with Gasteiger partial charge in [-0.25, -0.2) is 0 Å². The number of rotatable bonds is 4. The second kappa shape index (κ2) is 5.71. The summed E-state index contributed by atoms with van der Waals surface area (Å²) in [5, 5.41) is 3.77. The average molecular weight is 266 g/mol. The summed E-state index contributed by atoms with van der Waals surface area (Å²) in [5.41, 5.74) is 0.325. The number of ether oxygens (including phenoxy) is 1. The third-order valence-corrected chi connectivity index (χ3v) is 5.48. The van der Waals surface area contributed by atoms with Crippen LogP contribution in [0.5, 0.6) is 0 Å². The van der Waals surface area contributed by atoms with E-state index in [0.717, 1.165) is 31.3 Å². The normalized spacial score (nSPS) is 43.6. The lowest BCUT2D eigenvalue weighted by molar-refractivity contribution is -0.0577. The molecule has 19 heavy (non-hydrogen) atoms. The zero-order valence-electron chi connectivity index (χ0n) is 12.7. The lowest BCUT2D eigenvalue weighted by atomic mass is 9.77. The van der Waals surface area contributed by atoms with Crippen LogP contribution in [0.25, 0.3) is 0 Å². The van der Waals surface area contributed by atoms with Crippen LogP contribution in [-0.2, 0) is 4.74 Å². The molecule has 3 heteroatoms. The van der Waals surface area contributed by atoms with Crippen LogP contribution in [0.1, 0.15) is 58.8 Å². The van der Waals surface area contributed by atoms with Gasteiger partial charge in [-0.05, 0) is 52.0 Å². The minimum absolute atomic E-state index is 0.325. The Morgan fingerprint density at radius 1 is 1.26 bits per heavy atom. The molecule has 3 nitrogen and oxygen atoms in total. The number of nitrogens with zero attached hydrogens (tertiary/aromatic N) is 1. The van der Waals surface area contributed by atoms with Crippen molar-refractivity contribution in [1.82, 2.24) is 10.2 Å². The smallest absolute Gasteiger partial charge is 0.0648 e. The molecule has 1 N–H and O–H groups in total. The Labute approximate surface area is 118 Å². The third kappa shape index (κ3) is 2.70. The molecule has 3 aliphatic heterocycles. The van der Waals surface area contributed by atoms with Crippen LogP contribution >= 0.6 is 0 Å². The summed E-state index contributed by atoms with van der Waals surface area (Å²) in [7, 11) is 0. The predicted octanol–water partition coefficient (Wildman–Crippen LogP) is 2.55. The molecule has 0 aromatic rings. The Bertz CT molecular complexity index is 287. The van der Waals surface area contributed by atoms with E-state index in [0.29, 0.717) is 5.54 Å². The number of piperidine rings is 2. The highest BCUT2D eigenvalue weighted by atomic mass is 16.5. The van der Waals surface area contributed by atoms with Gasteiger partial charge < -0.3 is 10.1 Å². The maximum absolute atomic E-state index is 5.71. The molecule has 0 aromatic heterocycles. The minimum Gasteiger partial charge on any atom is -0.379 e. The van der Waals surface area contributed by atoms with Gasteiger partial charge in [0.15, 0.2) is 0 Å². The molecule has 3 fully saturated rings. The molecule has 0 saturated carbocycles. The van der Waals surface area contributed by atoms with Gasteiger partial charge in [0.25, 0.3) is 0 Å². The highest BCUT2D eigenvalue weighted by Crippen LogP contribution is 2.41. The molecule has 2 bridgehead atoms. The Hall–Kier alpha value is -0.120. The second-order valence-corrected chi connectivity index (χ2v) is 7.07. The molecule has 0 aromatic carbocycles. The lowest BCUT2D eigenvalue weighted by Gasteiger charge is -2.55. The van der Waals surface area contributed by atoms with E-state index in [9.17, 15) is 0 Å². The summed E-state index contributed by atoms with van der Waals surface area (Å²) in [6, 6.07) is 2.36. The minimum atomic E-state index is 0.325. The molecule has 3 saturated heterocycles. The van der Waals surface area contributed by atoms with Gasteiger partial charge in [0.05, 0.1) is 6.61 Å². The van der Waals surface area contributed by atoms with E-state index < -0.39 is 0 Å². The third-order valence-electron chi connectivity index (χ3n) is 5.48. The molecule has 3 unspecified atom stereocenters. The molecule has 3 aliphatic rings. The molecule has 3 heterocycles. The maximum Gasteiger partial charge on any atom is 0.0648 e. The van der Waals surface area contributed by atoms with Gasteiger partial charge in [0.2, 0.25) is 0 Å². The van der Waals surface area contributed by atoms with Crippen molar-refractivity contribution in [3.05, 3.63) is 0 Å². The van der Waals surface area contributed by atoms with E-state index in [2.05, 4.69) is 24.1 Å². The van der Waals surface area contributed by atoms with Gasteiger partial charge in [-0.1, -0.05) is 13.3 Å². The molecular formula is C16H30N2O. The van der Waals surface area contributed by atoms with Crippen molar-refractivity contribution in [1.29, 1.82) is 0 Å². The van der Waals surface area contributed by atoms with E-state index in [4.69, 9.17) is 4.74 Å². The number of hydrogen-bond donors (Lipinski definition) is 1. The number of nitrogens with one attached hydrogen (secondary N) is 1. The van der Waals surface area contributed by atoms with Crippen molar-refractivity contribution in [2.75, 3.05) is 19.8 Å². The largest absolute Gasteiger partial charge is 0.379 e. The van der Waals surface area contributed by atoms with Crippen molar-refractivity contribution >= 4 is 0 Å². The summed E-state index contributed by atoms with van der Waals surface area (Å²) in [6.07, 6.45) is 9.42. The SMILES string of the molecule is CCCNC1CC2CCCC(C1)N2C1(C)CCOC1. The highest BCUT2D eigenvalue weighted by Gasteiger charge is 2.48. The fourth-order valence-corrected chi connectivity index (χ4v) is 4.64. The summed E-state index contributed by atoms with van der Waals surface area (Å²) >= 11 is 0. The Morgan fingerprint density at radius 3 is 2.58 bits per heavy atom. The Balaban J connectivity index is 1.69. The lowest BCUT2D eigenvalue weighted by Crippen LogP contribution is -2.64.